The van der Waals surface area contributed by atoms with Gasteiger partial charge in [0.2, 0.25) is 0 Å². The zero-order chi connectivity index (χ0) is 22.3. The molecule has 5 nitrogen and oxygen atoms in total. The molecule has 4 fully saturated rings. The van der Waals surface area contributed by atoms with E-state index in [4.69, 9.17) is 18.9 Å². The van der Waals surface area contributed by atoms with Gasteiger partial charge in [0.1, 0.15) is 5.75 Å². The van der Waals surface area contributed by atoms with Crippen LogP contribution in [0.15, 0.2) is 18.2 Å². The first kappa shape index (κ1) is 22.3. The number of aliphatic hydroxyl groups is 1. The molecule has 3 aliphatic carbocycles. The van der Waals surface area contributed by atoms with E-state index in [0.717, 1.165) is 76.8 Å². The molecule has 6 rings (SSSR count). The lowest BCUT2D eigenvalue weighted by molar-refractivity contribution is -0.200. The zero-order valence-electron chi connectivity index (χ0n) is 19.9. The van der Waals surface area contributed by atoms with Crippen molar-refractivity contribution >= 4 is 0 Å². The summed E-state index contributed by atoms with van der Waals surface area (Å²) in [6.45, 7) is 2.28. The highest BCUT2D eigenvalue weighted by Gasteiger charge is 2.57. The minimum Gasteiger partial charge on any atom is -0.465 e. The standard InChI is InChI=1S/C28H40O5/c29-25-12-11-24-23-9-7-19-17-20(33-27-6-2-4-16-31-27)8-10-21(19)22(23)13-14-28(24,25)18-32-26-5-1-3-15-30-26/h8,10,17,22-27,29H,1-7,9,11-16,18H2/t22-,23-,24+,25+,26?,27?,28-/m1/s1. The Morgan fingerprint density at radius 2 is 1.73 bits per heavy atom. The number of hydrogen-bond donors (Lipinski definition) is 1. The number of fused-ring (bicyclic) bond motifs is 5. The lowest BCUT2D eigenvalue weighted by Crippen LogP contribution is -2.49. The van der Waals surface area contributed by atoms with Gasteiger partial charge in [0.05, 0.1) is 19.3 Å². The summed E-state index contributed by atoms with van der Waals surface area (Å²) in [5, 5.41) is 11.1. The monoisotopic (exact) mass is 456 g/mol. The van der Waals surface area contributed by atoms with E-state index in [1.807, 2.05) is 0 Å². The minimum atomic E-state index is -0.236. The Morgan fingerprint density at radius 1 is 0.909 bits per heavy atom. The molecule has 0 aromatic heterocycles. The van der Waals surface area contributed by atoms with Crippen molar-refractivity contribution in [3.05, 3.63) is 29.3 Å². The predicted octanol–water partition coefficient (Wildman–Crippen LogP) is 5.33. The Bertz CT molecular complexity index is 815. The molecule has 5 aliphatic rings. The highest BCUT2D eigenvalue weighted by Crippen LogP contribution is 2.61. The van der Waals surface area contributed by atoms with Crippen molar-refractivity contribution in [2.24, 2.45) is 17.3 Å². The van der Waals surface area contributed by atoms with E-state index in [9.17, 15) is 5.11 Å². The average molecular weight is 457 g/mol. The van der Waals surface area contributed by atoms with Gasteiger partial charge in [-0.1, -0.05) is 6.07 Å². The molecule has 182 valence electrons. The molecule has 1 aromatic rings. The minimum absolute atomic E-state index is 0.0713. The third-order valence-corrected chi connectivity index (χ3v) is 9.45. The van der Waals surface area contributed by atoms with Gasteiger partial charge in [0.25, 0.3) is 0 Å². The quantitative estimate of drug-likeness (QED) is 0.649. The summed E-state index contributed by atoms with van der Waals surface area (Å²) < 4.78 is 24.1. The first-order chi connectivity index (χ1) is 16.2. The maximum absolute atomic E-state index is 11.1. The van der Waals surface area contributed by atoms with Crippen LogP contribution in [0.4, 0.5) is 0 Å². The van der Waals surface area contributed by atoms with Crippen LogP contribution < -0.4 is 4.74 Å². The van der Waals surface area contributed by atoms with Crippen LogP contribution in [-0.4, -0.2) is 43.6 Å². The van der Waals surface area contributed by atoms with Crippen LogP contribution in [0.1, 0.15) is 87.7 Å². The molecule has 33 heavy (non-hydrogen) atoms. The SMILES string of the molecule is O[C@H]1CC[C@H]2[C@@H]3CCc4cc(OC5CCCCO5)ccc4[C@H]3CC[C@]12COC1CCCCO1. The van der Waals surface area contributed by atoms with E-state index < -0.39 is 0 Å². The first-order valence-electron chi connectivity index (χ1n) is 13.6. The molecule has 1 aromatic carbocycles. The summed E-state index contributed by atoms with van der Waals surface area (Å²) >= 11 is 0. The topological polar surface area (TPSA) is 57.2 Å². The Labute approximate surface area is 198 Å². The van der Waals surface area contributed by atoms with Crippen LogP contribution >= 0.6 is 0 Å². The van der Waals surface area contributed by atoms with Gasteiger partial charge in [-0.05, 0) is 112 Å². The third kappa shape index (κ3) is 4.24. The number of benzene rings is 1. The molecule has 2 heterocycles. The van der Waals surface area contributed by atoms with Crippen LogP contribution in [0, 0.1) is 17.3 Å². The van der Waals surface area contributed by atoms with Crippen molar-refractivity contribution in [2.45, 2.75) is 102 Å². The van der Waals surface area contributed by atoms with Gasteiger partial charge in [-0.2, -0.15) is 0 Å². The molecule has 0 amide bonds. The van der Waals surface area contributed by atoms with Gasteiger partial charge >= 0.3 is 0 Å². The fraction of sp³-hybridized carbons (Fsp3) is 0.786. The molecule has 2 aliphatic heterocycles. The van der Waals surface area contributed by atoms with Gasteiger partial charge in [-0.25, -0.2) is 0 Å². The van der Waals surface area contributed by atoms with Crippen LogP contribution in [0.2, 0.25) is 0 Å². The van der Waals surface area contributed by atoms with Crippen molar-refractivity contribution < 1.29 is 24.1 Å². The molecule has 2 saturated carbocycles. The van der Waals surface area contributed by atoms with E-state index in [2.05, 4.69) is 18.2 Å². The first-order valence-corrected chi connectivity index (χ1v) is 13.6. The van der Waals surface area contributed by atoms with Gasteiger partial charge in [-0.3, -0.25) is 0 Å². The second kappa shape index (κ2) is 9.49. The van der Waals surface area contributed by atoms with Gasteiger partial charge in [0, 0.05) is 18.4 Å². The fourth-order valence-electron chi connectivity index (χ4n) is 7.74. The highest BCUT2D eigenvalue weighted by molar-refractivity contribution is 5.41. The van der Waals surface area contributed by atoms with E-state index in [0.29, 0.717) is 24.4 Å². The van der Waals surface area contributed by atoms with E-state index >= 15 is 0 Å². The number of ether oxygens (including phenoxy) is 4. The Kier molecular flexibility index (Phi) is 6.42. The Morgan fingerprint density at radius 3 is 2.52 bits per heavy atom. The second-order valence-electron chi connectivity index (χ2n) is 11.2. The molecule has 0 radical (unpaired) electrons. The molecule has 0 bridgehead atoms. The van der Waals surface area contributed by atoms with Crippen molar-refractivity contribution in [3.8, 4) is 5.75 Å². The van der Waals surface area contributed by atoms with E-state index in [1.54, 1.807) is 0 Å². The molecule has 7 atom stereocenters. The van der Waals surface area contributed by atoms with E-state index in [-0.39, 0.29) is 24.1 Å². The lowest BCUT2D eigenvalue weighted by atomic mass is 9.55. The van der Waals surface area contributed by atoms with Crippen LogP contribution in [0.5, 0.6) is 5.75 Å². The summed E-state index contributed by atoms with van der Waals surface area (Å²) in [7, 11) is 0. The molecule has 2 saturated heterocycles. The van der Waals surface area contributed by atoms with Gasteiger partial charge in [-0.15, -0.1) is 0 Å². The smallest absolute Gasteiger partial charge is 0.199 e. The Hall–Kier alpha value is -1.14. The normalized spacial score (nSPS) is 40.5. The summed E-state index contributed by atoms with van der Waals surface area (Å²) in [4.78, 5) is 0. The number of aliphatic hydroxyl groups excluding tert-OH is 1. The van der Waals surface area contributed by atoms with Crippen LogP contribution in [0.3, 0.4) is 0 Å². The fourth-order valence-corrected chi connectivity index (χ4v) is 7.74. The molecular weight excluding hydrogens is 416 g/mol. The van der Waals surface area contributed by atoms with Crippen molar-refractivity contribution in [1.29, 1.82) is 0 Å². The maximum atomic E-state index is 11.1. The summed E-state index contributed by atoms with van der Waals surface area (Å²) in [5.74, 6) is 2.76. The average Bonchev–Trinajstić information content (AvgIpc) is 3.20. The molecular formula is C28H40O5. The number of rotatable bonds is 5. The maximum Gasteiger partial charge on any atom is 0.199 e. The summed E-state index contributed by atoms with van der Waals surface area (Å²) in [5.41, 5.74) is 2.90. The predicted molar refractivity (Wildman–Crippen MR) is 125 cm³/mol. The molecule has 5 heteroatoms. The summed E-state index contributed by atoms with van der Waals surface area (Å²) in [6, 6.07) is 6.77. The van der Waals surface area contributed by atoms with Crippen molar-refractivity contribution in [3.63, 3.8) is 0 Å². The zero-order valence-corrected chi connectivity index (χ0v) is 19.9. The molecule has 1 N–H and O–H groups in total. The second-order valence-corrected chi connectivity index (χ2v) is 11.2. The number of aryl methyl sites for hydroxylation is 1. The molecule has 0 spiro atoms. The molecule has 2 unspecified atom stereocenters. The van der Waals surface area contributed by atoms with Gasteiger partial charge in [0.15, 0.2) is 12.6 Å². The number of hydrogen-bond acceptors (Lipinski definition) is 5. The van der Waals surface area contributed by atoms with Crippen LogP contribution in [-0.2, 0) is 20.6 Å². The largest absolute Gasteiger partial charge is 0.465 e. The third-order valence-electron chi connectivity index (χ3n) is 9.45. The van der Waals surface area contributed by atoms with Crippen molar-refractivity contribution in [1.82, 2.24) is 0 Å². The summed E-state index contributed by atoms with van der Waals surface area (Å²) in [6.07, 6.45) is 12.8. The van der Waals surface area contributed by atoms with Gasteiger partial charge < -0.3 is 24.1 Å². The van der Waals surface area contributed by atoms with Crippen LogP contribution in [0.25, 0.3) is 0 Å². The lowest BCUT2D eigenvalue weighted by Gasteiger charge is -2.51. The Balaban J connectivity index is 1.17. The highest BCUT2D eigenvalue weighted by atomic mass is 16.7. The van der Waals surface area contributed by atoms with E-state index in [1.165, 1.54) is 30.4 Å². The van der Waals surface area contributed by atoms with Crippen molar-refractivity contribution in [2.75, 3.05) is 19.8 Å².